The molecule has 1 heterocycles. The van der Waals surface area contributed by atoms with Gasteiger partial charge in [-0.3, -0.25) is 4.90 Å². The van der Waals surface area contributed by atoms with E-state index in [1.54, 1.807) is 61.7 Å². The number of carbonyl (C=O) groups is 1. The van der Waals surface area contributed by atoms with Crippen LogP contribution in [0.1, 0.15) is 5.56 Å². The highest BCUT2D eigenvalue weighted by molar-refractivity contribution is 6.34. The molecule has 5 aromatic carbocycles. The maximum absolute atomic E-state index is 13.4. The summed E-state index contributed by atoms with van der Waals surface area (Å²) in [7, 11) is 1.57. The van der Waals surface area contributed by atoms with Gasteiger partial charge in [0, 0.05) is 12.1 Å². The third kappa shape index (κ3) is 6.90. The van der Waals surface area contributed by atoms with Crippen molar-refractivity contribution >= 4 is 39.9 Å². The van der Waals surface area contributed by atoms with Gasteiger partial charge in [0.25, 0.3) is 0 Å². The molecule has 1 aromatic heterocycles. The second kappa shape index (κ2) is 13.7. The van der Waals surface area contributed by atoms with Crippen LogP contribution >= 0.6 is 11.6 Å². The summed E-state index contributed by atoms with van der Waals surface area (Å²) in [5.74, 6) is 2.24. The first kappa shape index (κ1) is 29.3. The largest absolute Gasteiger partial charge is 0.493 e. The quantitative estimate of drug-likeness (QED) is 0.154. The zero-order valence-electron chi connectivity index (χ0n) is 24.1. The number of anilines is 2. The normalized spacial score (nSPS) is 10.6. The number of fused-ring (bicyclic) bond motifs is 1. The van der Waals surface area contributed by atoms with Gasteiger partial charge in [0.2, 0.25) is 5.88 Å². The van der Waals surface area contributed by atoms with Gasteiger partial charge in [-0.25, -0.2) is 14.8 Å². The first-order valence-electron chi connectivity index (χ1n) is 13.9. The minimum atomic E-state index is -0.542. The van der Waals surface area contributed by atoms with Crippen LogP contribution in [0.5, 0.6) is 28.9 Å². The lowest BCUT2D eigenvalue weighted by Gasteiger charge is -2.24. The monoisotopic (exact) mass is 618 g/mol. The number of para-hydroxylation sites is 2. The van der Waals surface area contributed by atoms with Crippen LogP contribution in [-0.4, -0.2) is 23.1 Å². The molecule has 0 spiro atoms. The number of nitrogens with one attached hydrogen (secondary N) is 1. The Morgan fingerprint density at radius 2 is 1.51 bits per heavy atom. The average molecular weight is 619 g/mol. The van der Waals surface area contributed by atoms with E-state index in [9.17, 15) is 4.79 Å². The highest BCUT2D eigenvalue weighted by Gasteiger charge is 2.22. The van der Waals surface area contributed by atoms with E-state index in [4.69, 9.17) is 30.6 Å². The summed E-state index contributed by atoms with van der Waals surface area (Å²) in [5, 5.41) is 0.878. The first-order chi connectivity index (χ1) is 22.1. The van der Waals surface area contributed by atoms with Crippen molar-refractivity contribution in [3.63, 3.8) is 0 Å². The van der Waals surface area contributed by atoms with Crippen molar-refractivity contribution in [1.29, 1.82) is 0 Å². The Morgan fingerprint density at radius 3 is 2.22 bits per heavy atom. The molecule has 0 radical (unpaired) electrons. The zero-order valence-corrected chi connectivity index (χ0v) is 24.8. The fourth-order valence-corrected chi connectivity index (χ4v) is 4.81. The molecule has 0 saturated carbocycles. The van der Waals surface area contributed by atoms with Gasteiger partial charge in [-0.2, -0.15) is 5.48 Å². The fraction of sp³-hybridized carbons (Fsp3) is 0.0571. The van der Waals surface area contributed by atoms with Crippen molar-refractivity contribution in [2.24, 2.45) is 0 Å². The van der Waals surface area contributed by atoms with Gasteiger partial charge in [-0.1, -0.05) is 78.3 Å². The van der Waals surface area contributed by atoms with Gasteiger partial charge in [-0.05, 0) is 48.0 Å². The fourth-order valence-electron chi connectivity index (χ4n) is 4.55. The molecule has 0 saturated heterocycles. The number of hydrogen-bond acceptors (Lipinski definition) is 7. The smallest absolute Gasteiger partial charge is 0.359 e. The van der Waals surface area contributed by atoms with Crippen molar-refractivity contribution in [3.05, 3.63) is 138 Å². The lowest BCUT2D eigenvalue weighted by atomic mass is 10.2. The number of halogens is 1. The van der Waals surface area contributed by atoms with Gasteiger partial charge in [0.1, 0.15) is 18.7 Å². The van der Waals surface area contributed by atoms with Crippen LogP contribution in [0.3, 0.4) is 0 Å². The standard InChI is InChI=1S/C35H27ClN4O5/c1-42-32-20-28-30(21-33(32)43-22-24-11-5-2-6-12-24)37-23-38-34(28)44-27-17-18-31(29(36)19-27)40(25-13-7-3-8-14-25)35(41)39-45-26-15-9-4-10-16-26/h2-21,23H,22H2,1H3,(H,39,41). The molecule has 6 aromatic rings. The van der Waals surface area contributed by atoms with Crippen LogP contribution in [0.25, 0.3) is 10.9 Å². The Labute approximate surface area is 264 Å². The number of urea groups is 1. The minimum Gasteiger partial charge on any atom is -0.493 e. The van der Waals surface area contributed by atoms with Gasteiger partial charge in [-0.15, -0.1) is 0 Å². The number of amides is 2. The second-order valence-corrected chi connectivity index (χ2v) is 10.1. The Kier molecular flexibility index (Phi) is 8.89. The number of hydroxylamine groups is 1. The van der Waals surface area contributed by atoms with Crippen LogP contribution in [0, 0.1) is 0 Å². The summed E-state index contributed by atoms with van der Waals surface area (Å²) in [6.45, 7) is 0.373. The number of aromatic nitrogens is 2. The molecule has 0 unspecified atom stereocenters. The van der Waals surface area contributed by atoms with Crippen molar-refractivity contribution < 1.29 is 23.8 Å². The molecule has 9 nitrogen and oxygen atoms in total. The summed E-state index contributed by atoms with van der Waals surface area (Å²) in [5.41, 5.74) is 5.12. The van der Waals surface area contributed by atoms with E-state index in [0.717, 1.165) is 5.56 Å². The molecule has 10 heteroatoms. The predicted octanol–water partition coefficient (Wildman–Crippen LogP) is 8.50. The molecule has 0 aliphatic rings. The van der Waals surface area contributed by atoms with Crippen molar-refractivity contribution in [3.8, 4) is 28.9 Å². The summed E-state index contributed by atoms with van der Waals surface area (Å²) in [6, 6.07) is 35.9. The molecule has 0 aliphatic heterocycles. The minimum absolute atomic E-state index is 0.263. The highest BCUT2D eigenvalue weighted by Crippen LogP contribution is 2.39. The van der Waals surface area contributed by atoms with Gasteiger partial charge < -0.3 is 19.0 Å². The van der Waals surface area contributed by atoms with Crippen molar-refractivity contribution in [2.75, 3.05) is 12.0 Å². The Bertz CT molecular complexity index is 1910. The molecule has 0 fully saturated rings. The number of hydrogen-bond donors (Lipinski definition) is 1. The van der Waals surface area contributed by atoms with E-state index in [-0.39, 0.29) is 5.02 Å². The van der Waals surface area contributed by atoms with Crippen LogP contribution in [0.15, 0.2) is 128 Å². The third-order valence-electron chi connectivity index (χ3n) is 6.71. The summed E-state index contributed by atoms with van der Waals surface area (Å²) in [4.78, 5) is 29.0. The molecular weight excluding hydrogens is 592 g/mol. The van der Waals surface area contributed by atoms with Crippen LogP contribution < -0.4 is 29.4 Å². The van der Waals surface area contributed by atoms with Crippen LogP contribution in [-0.2, 0) is 6.61 Å². The predicted molar refractivity (Wildman–Crippen MR) is 173 cm³/mol. The number of rotatable bonds is 10. The SMILES string of the molecule is COc1cc2c(Oc3ccc(N(C(=O)NOc4ccccc4)c4ccccc4)c(Cl)c3)ncnc2cc1OCc1ccccc1. The Morgan fingerprint density at radius 1 is 0.800 bits per heavy atom. The summed E-state index contributed by atoms with van der Waals surface area (Å²) in [6.07, 6.45) is 1.41. The van der Waals surface area contributed by atoms with Crippen molar-refractivity contribution in [1.82, 2.24) is 15.4 Å². The molecule has 1 N–H and O–H groups in total. The van der Waals surface area contributed by atoms with E-state index in [1.807, 2.05) is 66.7 Å². The van der Waals surface area contributed by atoms with Gasteiger partial charge in [0.15, 0.2) is 17.2 Å². The Hall–Kier alpha value is -5.80. The maximum atomic E-state index is 13.4. The van der Waals surface area contributed by atoms with E-state index < -0.39 is 6.03 Å². The molecule has 45 heavy (non-hydrogen) atoms. The molecule has 0 aliphatic carbocycles. The molecule has 2 amide bonds. The molecule has 0 bridgehead atoms. The number of carbonyl (C=O) groups excluding carboxylic acids is 1. The topological polar surface area (TPSA) is 95.0 Å². The lowest BCUT2D eigenvalue weighted by Crippen LogP contribution is -2.39. The van der Waals surface area contributed by atoms with E-state index in [1.165, 1.54) is 11.2 Å². The zero-order chi connectivity index (χ0) is 31.0. The summed E-state index contributed by atoms with van der Waals surface area (Å²) >= 11 is 6.76. The molecular formula is C35H27ClN4O5. The first-order valence-corrected chi connectivity index (χ1v) is 14.3. The Balaban J connectivity index is 1.25. The van der Waals surface area contributed by atoms with Gasteiger partial charge >= 0.3 is 6.03 Å². The van der Waals surface area contributed by atoms with E-state index in [2.05, 4.69) is 15.4 Å². The number of methoxy groups -OCH3 is 1. The molecule has 224 valence electrons. The van der Waals surface area contributed by atoms with Crippen LogP contribution in [0.2, 0.25) is 5.02 Å². The lowest BCUT2D eigenvalue weighted by molar-refractivity contribution is 0.185. The number of nitrogens with zero attached hydrogens (tertiary/aromatic N) is 3. The molecule has 6 rings (SSSR count). The number of ether oxygens (including phenoxy) is 3. The van der Waals surface area contributed by atoms with E-state index in [0.29, 0.717) is 57.8 Å². The maximum Gasteiger partial charge on any atom is 0.359 e. The highest BCUT2D eigenvalue weighted by atomic mass is 35.5. The third-order valence-corrected chi connectivity index (χ3v) is 7.02. The van der Waals surface area contributed by atoms with Gasteiger partial charge in [0.05, 0.1) is 34.4 Å². The summed E-state index contributed by atoms with van der Waals surface area (Å²) < 4.78 is 17.8. The van der Waals surface area contributed by atoms with Crippen molar-refractivity contribution in [2.45, 2.75) is 6.61 Å². The molecule has 0 atom stereocenters. The number of benzene rings is 5. The van der Waals surface area contributed by atoms with E-state index >= 15 is 0 Å². The second-order valence-electron chi connectivity index (χ2n) is 9.68. The average Bonchev–Trinajstić information content (AvgIpc) is 3.08. The van der Waals surface area contributed by atoms with Crippen LogP contribution in [0.4, 0.5) is 16.2 Å².